The van der Waals surface area contributed by atoms with E-state index in [9.17, 15) is 5.11 Å². The molecule has 3 nitrogen and oxygen atoms in total. The van der Waals surface area contributed by atoms with Crippen LogP contribution < -0.4 is 0 Å². The minimum atomic E-state index is 0.247. The minimum absolute atomic E-state index is 0.247. The molecular formula is C31H22N2OS. The summed E-state index contributed by atoms with van der Waals surface area (Å²) in [5, 5.41) is 11.1. The molecule has 0 spiro atoms. The number of para-hydroxylation sites is 2. The number of phenolic OH excluding ortho intramolecular Hbond substituents is 1. The molecule has 4 aromatic carbocycles. The molecule has 0 saturated heterocycles. The van der Waals surface area contributed by atoms with Crippen molar-refractivity contribution in [3.63, 3.8) is 0 Å². The first-order chi connectivity index (χ1) is 17.2. The summed E-state index contributed by atoms with van der Waals surface area (Å²) in [5.74, 6) is 0.247. The van der Waals surface area contributed by atoms with Gasteiger partial charge in [-0.05, 0) is 53.4 Å². The third-order valence-corrected chi connectivity index (χ3v) is 7.15. The summed E-state index contributed by atoms with van der Waals surface area (Å²) in [5.41, 5.74) is 8.36. The molecule has 0 aliphatic heterocycles. The molecule has 35 heavy (non-hydrogen) atoms. The Labute approximate surface area is 208 Å². The van der Waals surface area contributed by atoms with Gasteiger partial charge in [-0.2, -0.15) is 0 Å². The zero-order chi connectivity index (χ0) is 23.6. The van der Waals surface area contributed by atoms with Crippen molar-refractivity contribution in [2.45, 2.75) is 6.42 Å². The molecule has 0 atom stereocenters. The molecular weight excluding hydrogens is 448 g/mol. The zero-order valence-electron chi connectivity index (χ0n) is 18.9. The summed E-state index contributed by atoms with van der Waals surface area (Å²) in [4.78, 5) is 9.67. The van der Waals surface area contributed by atoms with Gasteiger partial charge in [0.05, 0.1) is 21.5 Å². The van der Waals surface area contributed by atoms with Crippen molar-refractivity contribution in [3.05, 3.63) is 127 Å². The highest BCUT2D eigenvalue weighted by atomic mass is 32.1. The van der Waals surface area contributed by atoms with Crippen molar-refractivity contribution in [3.8, 4) is 38.7 Å². The van der Waals surface area contributed by atoms with E-state index in [0.29, 0.717) is 0 Å². The van der Waals surface area contributed by atoms with E-state index in [2.05, 4.69) is 78.9 Å². The van der Waals surface area contributed by atoms with Crippen LogP contribution >= 0.6 is 11.3 Å². The standard InChI is InChI=1S/C31H22N2OS/c34-28-14-5-4-12-26(28)31-33-30-25(13-7-15-29(30)35-31)23-10-6-11-24(19-23)27-17-16-22(20-32-27)18-21-8-2-1-3-9-21/h1-17,19-20,34H,18H2. The average Bonchev–Trinajstić information content (AvgIpc) is 3.34. The van der Waals surface area contributed by atoms with E-state index >= 15 is 0 Å². The number of hydrogen-bond donors (Lipinski definition) is 1. The Bertz CT molecular complexity index is 1620. The molecule has 0 amide bonds. The predicted octanol–water partition coefficient (Wildman–Crippen LogP) is 7.99. The third kappa shape index (κ3) is 4.32. The Kier molecular flexibility index (Phi) is 5.57. The second kappa shape index (κ2) is 9.16. The summed E-state index contributed by atoms with van der Waals surface area (Å²) in [7, 11) is 0. The topological polar surface area (TPSA) is 46.0 Å². The molecule has 0 bridgehead atoms. The lowest BCUT2D eigenvalue weighted by molar-refractivity contribution is 0.477. The fourth-order valence-electron chi connectivity index (χ4n) is 4.33. The number of aromatic hydroxyl groups is 1. The molecule has 0 saturated carbocycles. The first kappa shape index (κ1) is 21.3. The monoisotopic (exact) mass is 470 g/mol. The van der Waals surface area contributed by atoms with Gasteiger partial charge >= 0.3 is 0 Å². The molecule has 2 heterocycles. The van der Waals surface area contributed by atoms with Crippen LogP contribution in [0.15, 0.2) is 115 Å². The number of rotatable bonds is 5. The van der Waals surface area contributed by atoms with E-state index < -0.39 is 0 Å². The van der Waals surface area contributed by atoms with E-state index in [-0.39, 0.29) is 5.75 Å². The maximum atomic E-state index is 10.3. The SMILES string of the molecule is Oc1ccccc1-c1nc2c(-c3cccc(-c4ccc(Cc5ccccc5)cn4)c3)cccc2s1. The van der Waals surface area contributed by atoms with Crippen LogP contribution in [0, 0.1) is 0 Å². The lowest BCUT2D eigenvalue weighted by Crippen LogP contribution is -1.91. The van der Waals surface area contributed by atoms with Gasteiger partial charge in [-0.1, -0.05) is 78.9 Å². The van der Waals surface area contributed by atoms with Crippen molar-refractivity contribution >= 4 is 21.6 Å². The Balaban J connectivity index is 1.34. The normalized spacial score (nSPS) is 11.1. The second-order valence-electron chi connectivity index (χ2n) is 8.48. The highest BCUT2D eigenvalue weighted by molar-refractivity contribution is 7.21. The minimum Gasteiger partial charge on any atom is -0.507 e. The highest BCUT2D eigenvalue weighted by Crippen LogP contribution is 2.39. The van der Waals surface area contributed by atoms with Crippen LogP contribution in [0.2, 0.25) is 0 Å². The van der Waals surface area contributed by atoms with Gasteiger partial charge in [0.1, 0.15) is 10.8 Å². The molecule has 0 fully saturated rings. The van der Waals surface area contributed by atoms with Crippen molar-refractivity contribution in [1.29, 1.82) is 0 Å². The van der Waals surface area contributed by atoms with Crippen LogP contribution in [0.5, 0.6) is 5.75 Å². The fraction of sp³-hybridized carbons (Fsp3) is 0.0323. The first-order valence-corrected chi connectivity index (χ1v) is 12.3. The Morgan fingerprint density at radius 2 is 1.43 bits per heavy atom. The molecule has 6 aromatic rings. The van der Waals surface area contributed by atoms with E-state index in [1.54, 1.807) is 17.4 Å². The van der Waals surface area contributed by atoms with E-state index in [1.165, 1.54) is 11.1 Å². The zero-order valence-corrected chi connectivity index (χ0v) is 19.7. The number of fused-ring (bicyclic) bond motifs is 1. The number of hydrogen-bond acceptors (Lipinski definition) is 4. The molecule has 0 aliphatic carbocycles. The number of thiazole rings is 1. The quantitative estimate of drug-likeness (QED) is 0.278. The van der Waals surface area contributed by atoms with Gasteiger partial charge < -0.3 is 5.11 Å². The molecule has 0 aliphatic rings. The lowest BCUT2D eigenvalue weighted by Gasteiger charge is -2.08. The van der Waals surface area contributed by atoms with Crippen LogP contribution in [0.25, 0.3) is 43.2 Å². The average molecular weight is 471 g/mol. The van der Waals surface area contributed by atoms with Crippen molar-refractivity contribution in [2.24, 2.45) is 0 Å². The first-order valence-electron chi connectivity index (χ1n) is 11.5. The van der Waals surface area contributed by atoms with Crippen molar-refractivity contribution < 1.29 is 5.11 Å². The summed E-state index contributed by atoms with van der Waals surface area (Å²) in [6, 6.07) is 36.7. The third-order valence-electron chi connectivity index (χ3n) is 6.10. The smallest absolute Gasteiger partial charge is 0.128 e. The summed E-state index contributed by atoms with van der Waals surface area (Å²) in [6.07, 6.45) is 2.84. The molecule has 0 unspecified atom stereocenters. The van der Waals surface area contributed by atoms with Crippen molar-refractivity contribution in [1.82, 2.24) is 9.97 Å². The molecule has 1 N–H and O–H groups in total. The molecule has 168 valence electrons. The maximum Gasteiger partial charge on any atom is 0.128 e. The Hall–Kier alpha value is -4.28. The van der Waals surface area contributed by atoms with Gasteiger partial charge in [-0.3, -0.25) is 4.98 Å². The van der Waals surface area contributed by atoms with Crippen molar-refractivity contribution in [2.75, 3.05) is 0 Å². The van der Waals surface area contributed by atoms with Gasteiger partial charge in [-0.25, -0.2) is 4.98 Å². The van der Waals surface area contributed by atoms with E-state index in [1.807, 2.05) is 30.5 Å². The molecule has 4 heteroatoms. The predicted molar refractivity (Wildman–Crippen MR) is 145 cm³/mol. The summed E-state index contributed by atoms with van der Waals surface area (Å²) in [6.45, 7) is 0. The summed E-state index contributed by atoms with van der Waals surface area (Å²) < 4.78 is 1.09. The molecule has 0 radical (unpaired) electrons. The van der Waals surface area contributed by atoms with Crippen LogP contribution in [0.3, 0.4) is 0 Å². The largest absolute Gasteiger partial charge is 0.507 e. The number of nitrogens with zero attached hydrogens (tertiary/aromatic N) is 2. The van der Waals surface area contributed by atoms with Gasteiger partial charge in [0.2, 0.25) is 0 Å². The van der Waals surface area contributed by atoms with Crippen LogP contribution in [0.1, 0.15) is 11.1 Å². The molecule has 6 rings (SSSR count). The van der Waals surface area contributed by atoms with Crippen LogP contribution in [-0.4, -0.2) is 15.1 Å². The van der Waals surface area contributed by atoms with Crippen LogP contribution in [-0.2, 0) is 6.42 Å². The van der Waals surface area contributed by atoms with Crippen LogP contribution in [0.4, 0.5) is 0 Å². The Morgan fingerprint density at radius 3 is 2.26 bits per heavy atom. The number of phenols is 1. The van der Waals surface area contributed by atoms with Gasteiger partial charge in [0.25, 0.3) is 0 Å². The van der Waals surface area contributed by atoms with E-state index in [0.717, 1.165) is 49.6 Å². The van der Waals surface area contributed by atoms with Gasteiger partial charge in [0.15, 0.2) is 0 Å². The number of benzene rings is 4. The lowest BCUT2D eigenvalue weighted by atomic mass is 10.00. The molecule has 2 aromatic heterocycles. The highest BCUT2D eigenvalue weighted by Gasteiger charge is 2.14. The van der Waals surface area contributed by atoms with Gasteiger partial charge in [0, 0.05) is 17.3 Å². The fourth-order valence-corrected chi connectivity index (χ4v) is 5.36. The summed E-state index contributed by atoms with van der Waals surface area (Å²) >= 11 is 1.59. The number of aromatic nitrogens is 2. The Morgan fingerprint density at radius 1 is 0.657 bits per heavy atom. The maximum absolute atomic E-state index is 10.3. The number of pyridine rings is 1. The van der Waals surface area contributed by atoms with Gasteiger partial charge in [-0.15, -0.1) is 11.3 Å². The second-order valence-corrected chi connectivity index (χ2v) is 9.51. The van der Waals surface area contributed by atoms with E-state index in [4.69, 9.17) is 9.97 Å².